The van der Waals surface area contributed by atoms with E-state index in [9.17, 15) is 22.6 Å². The molecule has 1 aromatic carbocycles. The fourth-order valence-corrected chi connectivity index (χ4v) is 3.01. The van der Waals surface area contributed by atoms with Gasteiger partial charge in [0, 0.05) is 0 Å². The topological polar surface area (TPSA) is 107 Å². The zero-order valence-corrected chi connectivity index (χ0v) is 17.8. The minimum absolute atomic E-state index is 0.0621. The average molecular weight is 415 g/mol. The zero-order valence-electron chi connectivity index (χ0n) is 16.9. The van der Waals surface area contributed by atoms with Crippen molar-refractivity contribution in [3.8, 4) is 0 Å². The fraction of sp³-hybridized carbons (Fsp3) is 0.600. The summed E-state index contributed by atoms with van der Waals surface area (Å²) in [6, 6.07) is 3.37. The van der Waals surface area contributed by atoms with Crippen molar-refractivity contribution in [3.63, 3.8) is 0 Å². The van der Waals surface area contributed by atoms with Gasteiger partial charge in [-0.2, -0.15) is 8.42 Å². The zero-order chi connectivity index (χ0) is 21.3. The number of hydrogen-bond donors (Lipinski definition) is 1. The highest BCUT2D eigenvalue weighted by Gasteiger charge is 2.24. The van der Waals surface area contributed by atoms with E-state index in [1.54, 1.807) is 0 Å². The summed E-state index contributed by atoms with van der Waals surface area (Å²) in [7, 11) is -4.73. The molecular formula is C20H30O7S. The van der Waals surface area contributed by atoms with Gasteiger partial charge in [0.15, 0.2) is 0 Å². The van der Waals surface area contributed by atoms with Crippen LogP contribution in [0.1, 0.15) is 74.1 Å². The molecule has 0 saturated carbocycles. The van der Waals surface area contributed by atoms with Crippen LogP contribution in [0.2, 0.25) is 0 Å². The van der Waals surface area contributed by atoms with E-state index in [0.717, 1.165) is 25.0 Å². The lowest BCUT2D eigenvalue weighted by molar-refractivity contribution is 0.0466. The summed E-state index contributed by atoms with van der Waals surface area (Å²) in [6.07, 6.45) is 3.22. The first-order chi connectivity index (χ1) is 13.1. The molecule has 0 fully saturated rings. The lowest BCUT2D eigenvalue weighted by atomic mass is 10.1. The number of benzene rings is 1. The van der Waals surface area contributed by atoms with Gasteiger partial charge in [0.25, 0.3) is 10.1 Å². The van der Waals surface area contributed by atoms with Gasteiger partial charge >= 0.3 is 11.9 Å². The third-order valence-corrected chi connectivity index (χ3v) is 5.69. The summed E-state index contributed by atoms with van der Waals surface area (Å²) in [5.41, 5.74) is -0.379. The summed E-state index contributed by atoms with van der Waals surface area (Å²) in [4.78, 5) is 23.7. The van der Waals surface area contributed by atoms with Gasteiger partial charge < -0.3 is 9.47 Å². The SMILES string of the molecule is CCC(C)CCOC(=O)c1ccc(C(=O)OCCC(C)CC)c(S(=O)(=O)O)c1. The number of esters is 2. The molecule has 8 heteroatoms. The molecule has 7 nitrogen and oxygen atoms in total. The van der Waals surface area contributed by atoms with Crippen molar-refractivity contribution in [3.05, 3.63) is 29.3 Å². The van der Waals surface area contributed by atoms with E-state index >= 15 is 0 Å². The van der Waals surface area contributed by atoms with E-state index in [-0.39, 0.29) is 24.3 Å². The van der Waals surface area contributed by atoms with Crippen LogP contribution in [0.3, 0.4) is 0 Å². The number of carbonyl (C=O) groups is 2. The Balaban J connectivity index is 2.93. The minimum atomic E-state index is -4.73. The van der Waals surface area contributed by atoms with Gasteiger partial charge in [0.05, 0.1) is 24.3 Å². The summed E-state index contributed by atoms with van der Waals surface area (Å²) in [5.74, 6) is -0.826. The van der Waals surface area contributed by atoms with Gasteiger partial charge in [-0.25, -0.2) is 9.59 Å². The highest BCUT2D eigenvalue weighted by atomic mass is 32.2. The quantitative estimate of drug-likeness (QED) is 0.429. The monoisotopic (exact) mass is 414 g/mol. The Labute approximate surface area is 167 Å². The second kappa shape index (κ2) is 11.2. The maximum Gasteiger partial charge on any atom is 0.339 e. The van der Waals surface area contributed by atoms with Crippen LogP contribution >= 0.6 is 0 Å². The highest BCUT2D eigenvalue weighted by molar-refractivity contribution is 7.86. The maximum absolute atomic E-state index is 12.2. The molecule has 28 heavy (non-hydrogen) atoms. The van der Waals surface area contributed by atoms with Crippen LogP contribution in [0.25, 0.3) is 0 Å². The maximum atomic E-state index is 12.2. The van der Waals surface area contributed by atoms with Crippen molar-refractivity contribution in [1.82, 2.24) is 0 Å². The molecular weight excluding hydrogens is 384 g/mol. The second-order valence-electron chi connectivity index (χ2n) is 7.06. The Morgan fingerprint density at radius 3 is 1.93 bits per heavy atom. The van der Waals surface area contributed by atoms with E-state index in [1.807, 2.05) is 27.7 Å². The molecule has 1 rings (SSSR count). The van der Waals surface area contributed by atoms with Crippen LogP contribution in [0.4, 0.5) is 0 Å². The summed E-state index contributed by atoms with van der Waals surface area (Å²) in [6.45, 7) is 8.44. The molecule has 158 valence electrons. The average Bonchev–Trinajstić information content (AvgIpc) is 2.66. The Bertz CT molecular complexity index is 771. The van der Waals surface area contributed by atoms with E-state index in [2.05, 4.69) is 0 Å². The van der Waals surface area contributed by atoms with Gasteiger partial charge in [-0.05, 0) is 42.9 Å². The predicted octanol–water partition coefficient (Wildman–Crippen LogP) is 4.12. The Kier molecular flexibility index (Phi) is 9.61. The summed E-state index contributed by atoms with van der Waals surface area (Å²) >= 11 is 0. The van der Waals surface area contributed by atoms with Crippen LogP contribution in [0.5, 0.6) is 0 Å². The summed E-state index contributed by atoms with van der Waals surface area (Å²) in [5, 5.41) is 0. The van der Waals surface area contributed by atoms with E-state index < -0.39 is 27.0 Å². The highest BCUT2D eigenvalue weighted by Crippen LogP contribution is 2.20. The molecule has 0 spiro atoms. The van der Waals surface area contributed by atoms with Crippen molar-refractivity contribution in [2.24, 2.45) is 11.8 Å². The number of carbonyl (C=O) groups excluding carboxylic acids is 2. The second-order valence-corrected chi connectivity index (χ2v) is 8.45. The molecule has 0 amide bonds. The van der Waals surface area contributed by atoms with Crippen molar-refractivity contribution in [1.29, 1.82) is 0 Å². The molecule has 0 heterocycles. The Hall–Kier alpha value is -1.93. The van der Waals surface area contributed by atoms with Crippen LogP contribution in [0.15, 0.2) is 23.1 Å². The molecule has 1 N–H and O–H groups in total. The molecule has 0 saturated heterocycles. The summed E-state index contributed by atoms with van der Waals surface area (Å²) < 4.78 is 43.1. The van der Waals surface area contributed by atoms with Crippen molar-refractivity contribution in [2.45, 2.75) is 58.3 Å². The van der Waals surface area contributed by atoms with Gasteiger partial charge in [0.2, 0.25) is 0 Å². The standard InChI is InChI=1S/C20H30O7S/c1-5-14(3)9-11-26-19(21)16-7-8-17(18(13-16)28(23,24)25)20(22)27-12-10-15(4)6-2/h7-8,13-15H,5-6,9-12H2,1-4H3,(H,23,24,25). The number of rotatable bonds is 11. The molecule has 0 bridgehead atoms. The van der Waals surface area contributed by atoms with Crippen molar-refractivity contribution in [2.75, 3.05) is 13.2 Å². The Morgan fingerprint density at radius 2 is 1.46 bits per heavy atom. The molecule has 0 aromatic heterocycles. The Morgan fingerprint density at radius 1 is 0.964 bits per heavy atom. The smallest absolute Gasteiger partial charge is 0.339 e. The van der Waals surface area contributed by atoms with Crippen LogP contribution < -0.4 is 0 Å². The third kappa shape index (κ3) is 7.59. The fourth-order valence-electron chi connectivity index (χ4n) is 2.31. The number of hydrogen-bond acceptors (Lipinski definition) is 6. The van der Waals surface area contributed by atoms with Gasteiger partial charge in [-0.1, -0.05) is 40.5 Å². The predicted molar refractivity (Wildman–Crippen MR) is 105 cm³/mol. The van der Waals surface area contributed by atoms with Crippen LogP contribution in [-0.4, -0.2) is 38.1 Å². The van der Waals surface area contributed by atoms with Crippen LogP contribution in [0, 0.1) is 11.8 Å². The largest absolute Gasteiger partial charge is 0.462 e. The minimum Gasteiger partial charge on any atom is -0.462 e. The molecule has 0 aliphatic heterocycles. The van der Waals surface area contributed by atoms with Gasteiger partial charge in [-0.15, -0.1) is 0 Å². The first-order valence-corrected chi connectivity index (χ1v) is 11.0. The van der Waals surface area contributed by atoms with E-state index in [4.69, 9.17) is 9.47 Å². The third-order valence-electron chi connectivity index (χ3n) is 4.80. The molecule has 0 radical (unpaired) electrons. The van der Waals surface area contributed by atoms with Gasteiger partial charge in [0.1, 0.15) is 4.90 Å². The molecule has 0 aliphatic carbocycles. The van der Waals surface area contributed by atoms with Gasteiger partial charge in [-0.3, -0.25) is 4.55 Å². The number of ether oxygens (including phenoxy) is 2. The first-order valence-electron chi connectivity index (χ1n) is 9.55. The van der Waals surface area contributed by atoms with Crippen molar-refractivity contribution >= 4 is 22.1 Å². The molecule has 0 aliphatic rings. The molecule has 1 aromatic rings. The van der Waals surface area contributed by atoms with Crippen molar-refractivity contribution < 1.29 is 32.0 Å². The lowest BCUT2D eigenvalue weighted by Crippen LogP contribution is -2.15. The van der Waals surface area contributed by atoms with Crippen LogP contribution in [-0.2, 0) is 19.6 Å². The lowest BCUT2D eigenvalue weighted by Gasteiger charge is -2.12. The first kappa shape index (κ1) is 24.1. The molecule has 2 atom stereocenters. The van der Waals surface area contributed by atoms with E-state index in [0.29, 0.717) is 24.7 Å². The normalized spacial score (nSPS) is 13.6. The van der Waals surface area contributed by atoms with E-state index in [1.165, 1.54) is 6.07 Å². The molecule has 2 unspecified atom stereocenters.